The smallest absolute Gasteiger partial charge is 0.259 e. The van der Waals surface area contributed by atoms with Gasteiger partial charge in [-0.2, -0.15) is 5.10 Å². The fourth-order valence-electron chi connectivity index (χ4n) is 2.01. The quantitative estimate of drug-likeness (QED) is 0.785. The Balaban J connectivity index is 1.80. The van der Waals surface area contributed by atoms with Gasteiger partial charge >= 0.3 is 0 Å². The molecule has 0 aliphatic heterocycles. The Labute approximate surface area is 135 Å². The van der Waals surface area contributed by atoms with Crippen LogP contribution in [0.5, 0.6) is 0 Å². The van der Waals surface area contributed by atoms with Crippen LogP contribution in [0.2, 0.25) is 5.02 Å². The summed E-state index contributed by atoms with van der Waals surface area (Å²) in [5.74, 6) is -2.15. The van der Waals surface area contributed by atoms with Gasteiger partial charge in [0.1, 0.15) is 11.6 Å². The summed E-state index contributed by atoms with van der Waals surface area (Å²) >= 11 is 5.91. The Morgan fingerprint density at radius 2 is 1.96 bits per heavy atom. The molecular weight excluding hydrogens is 324 g/mol. The van der Waals surface area contributed by atoms with Crippen LogP contribution < -0.4 is 5.32 Å². The Bertz CT molecular complexity index is 879. The number of halogens is 3. The second kappa shape index (κ2) is 6.18. The van der Waals surface area contributed by atoms with E-state index in [0.29, 0.717) is 16.8 Å². The van der Waals surface area contributed by atoms with E-state index in [1.165, 1.54) is 4.68 Å². The molecule has 4 nitrogen and oxygen atoms in total. The summed E-state index contributed by atoms with van der Waals surface area (Å²) in [6.45, 7) is 0. The SMILES string of the molecule is O=C(Nc1ccn(-c2cccc(Cl)c2)n1)c1ccc(F)cc1F. The van der Waals surface area contributed by atoms with Gasteiger partial charge in [-0.1, -0.05) is 17.7 Å². The lowest BCUT2D eigenvalue weighted by Crippen LogP contribution is -2.14. The van der Waals surface area contributed by atoms with Gasteiger partial charge in [-0.25, -0.2) is 13.5 Å². The Kier molecular flexibility index (Phi) is 4.08. The molecule has 0 unspecified atom stereocenters. The first kappa shape index (κ1) is 15.2. The average Bonchev–Trinajstić information content (AvgIpc) is 2.95. The molecule has 1 amide bonds. The van der Waals surface area contributed by atoms with Crippen LogP contribution in [0.1, 0.15) is 10.4 Å². The molecule has 1 heterocycles. The molecule has 0 spiro atoms. The van der Waals surface area contributed by atoms with E-state index in [2.05, 4.69) is 10.4 Å². The minimum atomic E-state index is -0.934. The van der Waals surface area contributed by atoms with Gasteiger partial charge in [0.25, 0.3) is 5.91 Å². The zero-order chi connectivity index (χ0) is 16.4. The summed E-state index contributed by atoms with van der Waals surface area (Å²) in [6.07, 6.45) is 1.63. The van der Waals surface area contributed by atoms with Gasteiger partial charge in [-0.15, -0.1) is 0 Å². The van der Waals surface area contributed by atoms with Crippen molar-refractivity contribution in [3.8, 4) is 5.69 Å². The van der Waals surface area contributed by atoms with E-state index >= 15 is 0 Å². The first-order valence-electron chi connectivity index (χ1n) is 6.61. The van der Waals surface area contributed by atoms with Crippen LogP contribution in [0.15, 0.2) is 54.7 Å². The average molecular weight is 334 g/mol. The first-order chi connectivity index (χ1) is 11.0. The van der Waals surface area contributed by atoms with Crippen molar-refractivity contribution in [2.45, 2.75) is 0 Å². The molecule has 0 fully saturated rings. The molecule has 0 radical (unpaired) electrons. The molecule has 0 saturated heterocycles. The molecule has 116 valence electrons. The van der Waals surface area contributed by atoms with Crippen LogP contribution >= 0.6 is 11.6 Å². The largest absolute Gasteiger partial charge is 0.305 e. The van der Waals surface area contributed by atoms with Crippen LogP contribution in [0, 0.1) is 11.6 Å². The number of nitrogens with zero attached hydrogens (tertiary/aromatic N) is 2. The number of hydrogen-bond acceptors (Lipinski definition) is 2. The van der Waals surface area contributed by atoms with Gasteiger partial charge in [0.05, 0.1) is 11.3 Å². The second-order valence-corrected chi connectivity index (χ2v) is 5.14. The van der Waals surface area contributed by atoms with E-state index in [1.54, 1.807) is 36.5 Å². The van der Waals surface area contributed by atoms with Crippen molar-refractivity contribution in [2.75, 3.05) is 5.32 Å². The first-order valence-corrected chi connectivity index (χ1v) is 6.99. The molecule has 0 atom stereocenters. The van der Waals surface area contributed by atoms with Gasteiger partial charge < -0.3 is 5.32 Å². The summed E-state index contributed by atoms with van der Waals surface area (Å²) in [7, 11) is 0. The highest BCUT2D eigenvalue weighted by Crippen LogP contribution is 2.16. The maximum absolute atomic E-state index is 13.6. The van der Waals surface area contributed by atoms with E-state index in [4.69, 9.17) is 11.6 Å². The minimum Gasteiger partial charge on any atom is -0.305 e. The molecule has 23 heavy (non-hydrogen) atoms. The van der Waals surface area contributed by atoms with Crippen molar-refractivity contribution in [3.05, 3.63) is 76.9 Å². The number of carbonyl (C=O) groups excluding carboxylic acids is 1. The summed E-state index contributed by atoms with van der Waals surface area (Å²) in [5.41, 5.74) is 0.453. The van der Waals surface area contributed by atoms with Gasteiger partial charge in [0, 0.05) is 23.4 Å². The highest BCUT2D eigenvalue weighted by Gasteiger charge is 2.14. The van der Waals surface area contributed by atoms with Crippen LogP contribution in [-0.2, 0) is 0 Å². The van der Waals surface area contributed by atoms with E-state index in [-0.39, 0.29) is 11.4 Å². The maximum atomic E-state index is 13.6. The fraction of sp³-hybridized carbons (Fsp3) is 0. The van der Waals surface area contributed by atoms with Crippen LogP contribution in [0.25, 0.3) is 5.69 Å². The Morgan fingerprint density at radius 3 is 2.70 bits per heavy atom. The number of amides is 1. The topological polar surface area (TPSA) is 46.9 Å². The van der Waals surface area contributed by atoms with E-state index < -0.39 is 17.5 Å². The lowest BCUT2D eigenvalue weighted by molar-refractivity contribution is 0.102. The molecular formula is C16H10ClF2N3O. The van der Waals surface area contributed by atoms with Crippen molar-refractivity contribution < 1.29 is 13.6 Å². The predicted octanol–water partition coefficient (Wildman–Crippen LogP) is 4.06. The number of anilines is 1. The normalized spacial score (nSPS) is 10.6. The predicted molar refractivity (Wildman–Crippen MR) is 82.9 cm³/mol. The van der Waals surface area contributed by atoms with E-state index in [9.17, 15) is 13.6 Å². The van der Waals surface area contributed by atoms with E-state index in [0.717, 1.165) is 12.1 Å². The summed E-state index contributed by atoms with van der Waals surface area (Å²) in [5, 5.41) is 7.17. The number of rotatable bonds is 3. The number of benzene rings is 2. The van der Waals surface area contributed by atoms with Gasteiger partial charge in [-0.3, -0.25) is 4.79 Å². The summed E-state index contributed by atoms with van der Waals surface area (Å²) in [4.78, 5) is 12.0. The molecule has 1 N–H and O–H groups in total. The van der Waals surface area contributed by atoms with Gasteiger partial charge in [-0.05, 0) is 30.3 Å². The van der Waals surface area contributed by atoms with Crippen molar-refractivity contribution in [1.29, 1.82) is 0 Å². The fourth-order valence-corrected chi connectivity index (χ4v) is 2.19. The monoisotopic (exact) mass is 333 g/mol. The molecule has 0 aliphatic carbocycles. The third kappa shape index (κ3) is 3.37. The van der Waals surface area contributed by atoms with Crippen LogP contribution in [-0.4, -0.2) is 15.7 Å². The van der Waals surface area contributed by atoms with Crippen molar-refractivity contribution >= 4 is 23.3 Å². The molecule has 0 aliphatic rings. The number of carbonyl (C=O) groups is 1. The lowest BCUT2D eigenvalue weighted by Gasteiger charge is -2.04. The zero-order valence-electron chi connectivity index (χ0n) is 11.6. The molecule has 0 saturated carbocycles. The summed E-state index contributed by atoms with van der Waals surface area (Å²) in [6, 6.07) is 11.3. The maximum Gasteiger partial charge on any atom is 0.259 e. The van der Waals surface area contributed by atoms with Crippen LogP contribution in [0.4, 0.5) is 14.6 Å². The highest BCUT2D eigenvalue weighted by atomic mass is 35.5. The van der Waals surface area contributed by atoms with Crippen molar-refractivity contribution in [2.24, 2.45) is 0 Å². The lowest BCUT2D eigenvalue weighted by atomic mass is 10.2. The molecule has 3 aromatic rings. The van der Waals surface area contributed by atoms with E-state index in [1.807, 2.05) is 0 Å². The minimum absolute atomic E-state index is 0.235. The third-order valence-corrected chi connectivity index (χ3v) is 3.31. The number of aromatic nitrogens is 2. The molecule has 2 aromatic carbocycles. The Hall–Kier alpha value is -2.73. The number of nitrogens with one attached hydrogen (secondary N) is 1. The summed E-state index contributed by atoms with van der Waals surface area (Å²) < 4.78 is 28.0. The van der Waals surface area contributed by atoms with Gasteiger partial charge in [0.2, 0.25) is 0 Å². The zero-order valence-corrected chi connectivity index (χ0v) is 12.4. The van der Waals surface area contributed by atoms with Crippen molar-refractivity contribution in [1.82, 2.24) is 9.78 Å². The van der Waals surface area contributed by atoms with Gasteiger partial charge in [0.15, 0.2) is 5.82 Å². The highest BCUT2D eigenvalue weighted by molar-refractivity contribution is 6.30. The second-order valence-electron chi connectivity index (χ2n) is 4.70. The standard InChI is InChI=1S/C16H10ClF2N3O/c17-10-2-1-3-12(8-10)22-7-6-15(21-22)20-16(23)13-5-4-11(18)9-14(13)19/h1-9H,(H,20,21,23). The van der Waals surface area contributed by atoms with Crippen LogP contribution in [0.3, 0.4) is 0 Å². The molecule has 1 aromatic heterocycles. The Morgan fingerprint density at radius 1 is 1.13 bits per heavy atom. The molecule has 7 heteroatoms. The van der Waals surface area contributed by atoms with Crippen molar-refractivity contribution in [3.63, 3.8) is 0 Å². The molecule has 3 rings (SSSR count). The number of hydrogen-bond donors (Lipinski definition) is 1. The molecule has 0 bridgehead atoms. The third-order valence-electron chi connectivity index (χ3n) is 3.08.